The lowest BCUT2D eigenvalue weighted by molar-refractivity contribution is -0.119. The van der Waals surface area contributed by atoms with Gasteiger partial charge < -0.3 is 26.0 Å². The highest BCUT2D eigenvalue weighted by Gasteiger charge is 2.21. The van der Waals surface area contributed by atoms with Gasteiger partial charge in [-0.05, 0) is 46.7 Å². The lowest BCUT2D eigenvalue weighted by Crippen LogP contribution is -2.40. The standard InChI is InChI=1S/C9H18N2O2.C6H12N2O/c1-9(2,3)13-8(12)11-7-4-5-10-6-7;1-5(9)8-6-2-3-7-4-6/h7,10H,4-6H2,1-3H3,(H,11,12);6-7H,2-4H2,1H3,(H,8,9). The number of rotatable bonds is 2. The molecule has 2 atom stereocenters. The molecule has 0 aromatic heterocycles. The highest BCUT2D eigenvalue weighted by molar-refractivity contribution is 5.73. The van der Waals surface area contributed by atoms with Crippen LogP contribution in [0.5, 0.6) is 0 Å². The van der Waals surface area contributed by atoms with E-state index in [4.69, 9.17) is 4.74 Å². The highest BCUT2D eigenvalue weighted by atomic mass is 16.6. The fraction of sp³-hybridized carbons (Fsp3) is 0.867. The van der Waals surface area contributed by atoms with Gasteiger partial charge in [0.15, 0.2) is 0 Å². The predicted octanol–water partition coefficient (Wildman–Crippen LogP) is 0.357. The predicted molar refractivity (Wildman–Crippen MR) is 85.7 cm³/mol. The second kappa shape index (κ2) is 8.95. The molecule has 0 spiro atoms. The van der Waals surface area contributed by atoms with E-state index in [9.17, 15) is 9.59 Å². The second-order valence-electron chi connectivity index (χ2n) is 6.73. The SMILES string of the molecule is CC(=O)NC1CCNC1.CC(C)(C)OC(=O)NC1CCNC1. The van der Waals surface area contributed by atoms with Crippen molar-refractivity contribution in [1.82, 2.24) is 21.3 Å². The van der Waals surface area contributed by atoms with E-state index < -0.39 is 5.60 Å². The summed E-state index contributed by atoms with van der Waals surface area (Å²) in [6, 6.07) is 0.609. The first-order valence-electron chi connectivity index (χ1n) is 7.94. The fourth-order valence-corrected chi connectivity index (χ4v) is 2.32. The molecule has 2 unspecified atom stereocenters. The van der Waals surface area contributed by atoms with Crippen LogP contribution in [0.15, 0.2) is 0 Å². The number of hydrogen-bond donors (Lipinski definition) is 4. The van der Waals surface area contributed by atoms with E-state index in [-0.39, 0.29) is 18.0 Å². The van der Waals surface area contributed by atoms with Gasteiger partial charge in [0.2, 0.25) is 5.91 Å². The van der Waals surface area contributed by atoms with Gasteiger partial charge in [-0.15, -0.1) is 0 Å². The molecule has 0 radical (unpaired) electrons. The Morgan fingerprint density at radius 1 is 1.00 bits per heavy atom. The van der Waals surface area contributed by atoms with Crippen LogP contribution in [0.2, 0.25) is 0 Å². The third-order valence-corrected chi connectivity index (χ3v) is 3.25. The number of carbonyl (C=O) groups excluding carboxylic acids is 2. The van der Waals surface area contributed by atoms with Gasteiger partial charge in [0.1, 0.15) is 5.60 Å². The van der Waals surface area contributed by atoms with E-state index in [0.29, 0.717) is 6.04 Å². The average molecular weight is 314 g/mol. The first kappa shape index (κ1) is 18.7. The van der Waals surface area contributed by atoms with Gasteiger partial charge in [-0.25, -0.2) is 4.79 Å². The third kappa shape index (κ3) is 8.84. The molecule has 0 aromatic rings. The highest BCUT2D eigenvalue weighted by Crippen LogP contribution is 2.07. The zero-order chi connectivity index (χ0) is 16.6. The van der Waals surface area contributed by atoms with Gasteiger partial charge in [-0.1, -0.05) is 0 Å². The Morgan fingerprint density at radius 3 is 1.86 bits per heavy atom. The summed E-state index contributed by atoms with van der Waals surface area (Å²) in [5, 5.41) is 12.0. The minimum absolute atomic E-state index is 0.0729. The maximum atomic E-state index is 11.3. The van der Waals surface area contributed by atoms with Crippen LogP contribution in [0.4, 0.5) is 4.79 Å². The molecule has 2 fully saturated rings. The van der Waals surface area contributed by atoms with Crippen LogP contribution >= 0.6 is 0 Å². The van der Waals surface area contributed by atoms with Crippen LogP contribution in [-0.4, -0.2) is 55.9 Å². The lowest BCUT2D eigenvalue weighted by atomic mass is 10.2. The number of alkyl carbamates (subject to hydrolysis) is 1. The van der Waals surface area contributed by atoms with E-state index in [1.165, 1.54) is 0 Å². The molecule has 4 N–H and O–H groups in total. The van der Waals surface area contributed by atoms with Crippen LogP contribution in [0, 0.1) is 0 Å². The van der Waals surface area contributed by atoms with E-state index >= 15 is 0 Å². The average Bonchev–Trinajstić information content (AvgIpc) is 2.99. The van der Waals surface area contributed by atoms with Crippen molar-refractivity contribution in [2.75, 3.05) is 26.2 Å². The zero-order valence-electron chi connectivity index (χ0n) is 14.1. The van der Waals surface area contributed by atoms with Crippen molar-refractivity contribution in [3.8, 4) is 0 Å². The minimum atomic E-state index is -0.407. The smallest absolute Gasteiger partial charge is 0.407 e. The van der Waals surface area contributed by atoms with E-state index in [1.54, 1.807) is 6.92 Å². The van der Waals surface area contributed by atoms with Crippen LogP contribution in [0.1, 0.15) is 40.5 Å². The van der Waals surface area contributed by atoms with Crippen LogP contribution in [0.3, 0.4) is 0 Å². The number of carbonyl (C=O) groups is 2. The van der Waals surface area contributed by atoms with E-state index in [1.807, 2.05) is 20.8 Å². The molecule has 0 bridgehead atoms. The quantitative estimate of drug-likeness (QED) is 0.591. The van der Waals surface area contributed by atoms with Crippen molar-refractivity contribution in [3.63, 3.8) is 0 Å². The van der Waals surface area contributed by atoms with Crippen LogP contribution in [0.25, 0.3) is 0 Å². The Kier molecular flexibility index (Phi) is 7.61. The fourth-order valence-electron chi connectivity index (χ4n) is 2.32. The molecular formula is C15H30N4O3. The lowest BCUT2D eigenvalue weighted by Gasteiger charge is -2.21. The molecule has 2 aliphatic rings. The molecule has 128 valence electrons. The van der Waals surface area contributed by atoms with Crippen LogP contribution in [-0.2, 0) is 9.53 Å². The summed E-state index contributed by atoms with van der Waals surface area (Å²) in [6.45, 7) is 10.9. The Labute approximate surface area is 132 Å². The van der Waals surface area contributed by atoms with E-state index in [0.717, 1.165) is 39.0 Å². The summed E-state index contributed by atoms with van der Waals surface area (Å²) in [5.41, 5.74) is -0.407. The Morgan fingerprint density at radius 2 is 1.50 bits per heavy atom. The zero-order valence-corrected chi connectivity index (χ0v) is 14.1. The van der Waals surface area contributed by atoms with E-state index in [2.05, 4.69) is 21.3 Å². The molecule has 0 aliphatic carbocycles. The van der Waals surface area contributed by atoms with Gasteiger partial charge in [0, 0.05) is 32.1 Å². The number of nitrogens with one attached hydrogen (secondary N) is 4. The summed E-state index contributed by atoms with van der Waals surface area (Å²) < 4.78 is 5.12. The molecule has 0 saturated carbocycles. The monoisotopic (exact) mass is 314 g/mol. The second-order valence-corrected chi connectivity index (χ2v) is 6.73. The van der Waals surface area contributed by atoms with Gasteiger partial charge in [-0.3, -0.25) is 4.79 Å². The maximum Gasteiger partial charge on any atom is 0.407 e. The summed E-state index contributed by atoms with van der Waals surface area (Å²) >= 11 is 0. The molecule has 2 rings (SSSR count). The minimum Gasteiger partial charge on any atom is -0.444 e. The molecule has 7 heteroatoms. The maximum absolute atomic E-state index is 11.3. The molecule has 0 aromatic carbocycles. The molecular weight excluding hydrogens is 284 g/mol. The Bertz CT molecular complexity index is 356. The van der Waals surface area contributed by atoms with Crippen LogP contribution < -0.4 is 21.3 Å². The largest absolute Gasteiger partial charge is 0.444 e. The summed E-state index contributed by atoms with van der Waals surface area (Å²) in [7, 11) is 0. The van der Waals surface area contributed by atoms with Crippen molar-refractivity contribution in [2.45, 2.75) is 58.2 Å². The summed E-state index contributed by atoms with van der Waals surface area (Å²) in [5.74, 6) is 0.0729. The van der Waals surface area contributed by atoms with Crippen molar-refractivity contribution >= 4 is 12.0 Å². The summed E-state index contributed by atoms with van der Waals surface area (Å²) in [6.07, 6.45) is 1.74. The number of ether oxygens (including phenoxy) is 1. The molecule has 2 amide bonds. The number of amides is 2. The normalized spacial score (nSPS) is 24.2. The summed E-state index contributed by atoms with van der Waals surface area (Å²) in [4.78, 5) is 21.7. The molecule has 2 saturated heterocycles. The van der Waals surface area contributed by atoms with Gasteiger partial charge in [0.05, 0.1) is 0 Å². The van der Waals surface area contributed by atoms with Gasteiger partial charge in [0.25, 0.3) is 0 Å². The molecule has 2 heterocycles. The topological polar surface area (TPSA) is 91.5 Å². The van der Waals surface area contributed by atoms with Gasteiger partial charge in [-0.2, -0.15) is 0 Å². The third-order valence-electron chi connectivity index (χ3n) is 3.25. The van der Waals surface area contributed by atoms with Crippen molar-refractivity contribution in [1.29, 1.82) is 0 Å². The Hall–Kier alpha value is -1.34. The molecule has 2 aliphatic heterocycles. The Balaban J connectivity index is 0.000000235. The molecule has 7 nitrogen and oxygen atoms in total. The number of hydrogen-bond acceptors (Lipinski definition) is 5. The van der Waals surface area contributed by atoms with Gasteiger partial charge >= 0.3 is 6.09 Å². The van der Waals surface area contributed by atoms with Crippen molar-refractivity contribution in [2.24, 2.45) is 0 Å². The van der Waals surface area contributed by atoms with Crippen molar-refractivity contribution in [3.05, 3.63) is 0 Å². The first-order valence-corrected chi connectivity index (χ1v) is 7.94. The molecule has 22 heavy (non-hydrogen) atoms. The van der Waals surface area contributed by atoms with Crippen molar-refractivity contribution < 1.29 is 14.3 Å². The first-order chi connectivity index (χ1) is 10.3.